The SMILES string of the molecule is N=C(Cc1ccc2[nH]cc(-c3ccncc3)c2c1)c1cccs1. The maximum atomic E-state index is 8.27. The maximum absolute atomic E-state index is 8.27. The van der Waals surface area contributed by atoms with Gasteiger partial charge in [0.25, 0.3) is 0 Å². The van der Waals surface area contributed by atoms with Crippen LogP contribution in [0.4, 0.5) is 0 Å². The first kappa shape index (κ1) is 13.9. The molecule has 2 N–H and O–H groups in total. The molecule has 0 spiro atoms. The Hall–Kier alpha value is -2.72. The van der Waals surface area contributed by atoms with Crippen molar-refractivity contribution in [1.29, 1.82) is 5.41 Å². The van der Waals surface area contributed by atoms with Crippen molar-refractivity contribution in [3.8, 4) is 11.1 Å². The zero-order valence-corrected chi connectivity index (χ0v) is 13.2. The first-order chi connectivity index (χ1) is 11.3. The zero-order valence-electron chi connectivity index (χ0n) is 12.4. The predicted octanol–water partition coefficient (Wildman–Crippen LogP) is 4.90. The molecule has 4 heteroatoms. The highest BCUT2D eigenvalue weighted by Crippen LogP contribution is 2.29. The van der Waals surface area contributed by atoms with Gasteiger partial charge in [-0.2, -0.15) is 0 Å². The van der Waals surface area contributed by atoms with Crippen molar-refractivity contribution >= 4 is 28.0 Å². The highest BCUT2D eigenvalue weighted by Gasteiger charge is 2.09. The first-order valence-corrected chi connectivity index (χ1v) is 8.31. The molecule has 0 radical (unpaired) electrons. The standard InChI is InChI=1S/C19H15N3S/c20-17(19-2-1-9-23-19)11-13-3-4-18-15(10-13)16(12-22-18)14-5-7-21-8-6-14/h1-10,12,20,22H,11H2. The lowest BCUT2D eigenvalue weighted by Crippen LogP contribution is -2.00. The molecule has 0 saturated carbocycles. The van der Waals surface area contributed by atoms with Crippen LogP contribution < -0.4 is 0 Å². The van der Waals surface area contributed by atoms with Crippen LogP contribution in [0.3, 0.4) is 0 Å². The van der Waals surface area contributed by atoms with Crippen LogP contribution in [0.15, 0.2) is 66.4 Å². The normalized spacial score (nSPS) is 11.0. The van der Waals surface area contributed by atoms with Gasteiger partial charge in [-0.3, -0.25) is 4.98 Å². The molecule has 3 heterocycles. The molecule has 23 heavy (non-hydrogen) atoms. The summed E-state index contributed by atoms with van der Waals surface area (Å²) in [7, 11) is 0. The largest absolute Gasteiger partial charge is 0.361 e. The Morgan fingerprint density at radius 2 is 2.00 bits per heavy atom. The third kappa shape index (κ3) is 2.69. The van der Waals surface area contributed by atoms with E-state index in [2.05, 4.69) is 28.2 Å². The number of hydrogen-bond donors (Lipinski definition) is 2. The van der Waals surface area contributed by atoms with E-state index in [0.29, 0.717) is 12.1 Å². The molecule has 0 aliphatic heterocycles. The van der Waals surface area contributed by atoms with Crippen molar-refractivity contribution in [2.45, 2.75) is 6.42 Å². The lowest BCUT2D eigenvalue weighted by molar-refractivity contribution is 1.29. The summed E-state index contributed by atoms with van der Waals surface area (Å²) in [5.41, 5.74) is 5.26. The number of thiophene rings is 1. The molecule has 0 aliphatic rings. The fourth-order valence-corrected chi connectivity index (χ4v) is 3.46. The van der Waals surface area contributed by atoms with Crippen LogP contribution >= 0.6 is 11.3 Å². The highest BCUT2D eigenvalue weighted by molar-refractivity contribution is 7.12. The zero-order chi connectivity index (χ0) is 15.6. The van der Waals surface area contributed by atoms with Crippen LogP contribution in [0, 0.1) is 5.41 Å². The smallest absolute Gasteiger partial charge is 0.0529 e. The van der Waals surface area contributed by atoms with Gasteiger partial charge in [0.2, 0.25) is 0 Å². The van der Waals surface area contributed by atoms with Crippen molar-refractivity contribution in [1.82, 2.24) is 9.97 Å². The van der Waals surface area contributed by atoms with E-state index in [1.54, 1.807) is 11.3 Å². The molecule has 0 saturated heterocycles. The minimum atomic E-state index is 0.650. The van der Waals surface area contributed by atoms with Gasteiger partial charge in [0.15, 0.2) is 0 Å². The predicted molar refractivity (Wildman–Crippen MR) is 96.4 cm³/mol. The molecular formula is C19H15N3S. The minimum absolute atomic E-state index is 0.650. The van der Waals surface area contributed by atoms with Gasteiger partial charge in [-0.05, 0) is 46.8 Å². The second-order valence-corrected chi connectivity index (χ2v) is 6.40. The average molecular weight is 317 g/mol. The minimum Gasteiger partial charge on any atom is -0.361 e. The van der Waals surface area contributed by atoms with Crippen LogP contribution in [-0.2, 0) is 6.42 Å². The molecule has 0 aliphatic carbocycles. The number of fused-ring (bicyclic) bond motifs is 1. The van der Waals surface area contributed by atoms with Gasteiger partial charge >= 0.3 is 0 Å². The molecule has 3 aromatic heterocycles. The molecule has 3 nitrogen and oxygen atoms in total. The van der Waals surface area contributed by atoms with E-state index in [-0.39, 0.29) is 0 Å². The van der Waals surface area contributed by atoms with E-state index in [9.17, 15) is 0 Å². The van der Waals surface area contributed by atoms with Crippen molar-refractivity contribution in [3.63, 3.8) is 0 Å². The van der Waals surface area contributed by atoms with E-state index >= 15 is 0 Å². The molecule has 0 fully saturated rings. The van der Waals surface area contributed by atoms with E-state index in [0.717, 1.165) is 21.5 Å². The molecule has 4 rings (SSSR count). The van der Waals surface area contributed by atoms with Crippen molar-refractivity contribution in [2.24, 2.45) is 0 Å². The number of aromatic nitrogens is 2. The third-order valence-electron chi connectivity index (χ3n) is 3.94. The topological polar surface area (TPSA) is 52.5 Å². The van der Waals surface area contributed by atoms with Crippen molar-refractivity contribution in [3.05, 3.63) is 76.9 Å². The summed E-state index contributed by atoms with van der Waals surface area (Å²) in [6.07, 6.45) is 6.31. The number of hydrogen-bond acceptors (Lipinski definition) is 3. The van der Waals surface area contributed by atoms with Crippen molar-refractivity contribution < 1.29 is 0 Å². The molecule has 0 amide bonds. The number of pyridine rings is 1. The van der Waals surface area contributed by atoms with Gasteiger partial charge in [-0.1, -0.05) is 12.1 Å². The molecule has 0 unspecified atom stereocenters. The highest BCUT2D eigenvalue weighted by atomic mass is 32.1. The molecule has 112 valence electrons. The number of nitrogens with one attached hydrogen (secondary N) is 2. The first-order valence-electron chi connectivity index (χ1n) is 7.43. The van der Waals surface area contributed by atoms with Crippen LogP contribution in [0.2, 0.25) is 0 Å². The van der Waals surface area contributed by atoms with Gasteiger partial charge in [0.05, 0.1) is 5.71 Å². The lowest BCUT2D eigenvalue weighted by Gasteiger charge is -2.04. The molecule has 0 bridgehead atoms. The molecular weight excluding hydrogens is 302 g/mol. The van der Waals surface area contributed by atoms with Gasteiger partial charge in [0.1, 0.15) is 0 Å². The Bertz CT molecular complexity index is 953. The fraction of sp³-hybridized carbons (Fsp3) is 0.0526. The summed E-state index contributed by atoms with van der Waals surface area (Å²) in [6, 6.07) is 14.4. The van der Waals surface area contributed by atoms with Gasteiger partial charge in [-0.25, -0.2) is 0 Å². The lowest BCUT2D eigenvalue weighted by atomic mass is 10.0. The van der Waals surface area contributed by atoms with E-state index in [4.69, 9.17) is 5.41 Å². The van der Waals surface area contributed by atoms with E-state index in [1.807, 2.05) is 48.2 Å². The van der Waals surface area contributed by atoms with Gasteiger partial charge in [-0.15, -0.1) is 11.3 Å². The van der Waals surface area contributed by atoms with Crippen LogP contribution in [-0.4, -0.2) is 15.7 Å². The second-order valence-electron chi connectivity index (χ2n) is 5.45. The number of rotatable bonds is 4. The van der Waals surface area contributed by atoms with Crippen molar-refractivity contribution in [2.75, 3.05) is 0 Å². The number of benzene rings is 1. The van der Waals surface area contributed by atoms with Crippen LogP contribution in [0.1, 0.15) is 10.4 Å². The summed E-state index contributed by atoms with van der Waals surface area (Å²) >= 11 is 1.62. The molecule has 4 aromatic rings. The van der Waals surface area contributed by atoms with Crippen LogP contribution in [0.25, 0.3) is 22.0 Å². The Morgan fingerprint density at radius 1 is 1.13 bits per heavy atom. The summed E-state index contributed by atoms with van der Waals surface area (Å²) < 4.78 is 0. The summed E-state index contributed by atoms with van der Waals surface area (Å²) in [4.78, 5) is 8.44. The number of H-pyrrole nitrogens is 1. The molecule has 1 aromatic carbocycles. The fourth-order valence-electron chi connectivity index (χ4n) is 2.79. The van der Waals surface area contributed by atoms with E-state index in [1.165, 1.54) is 10.9 Å². The average Bonchev–Trinajstić information content (AvgIpc) is 3.25. The Labute approximate surface area is 138 Å². The van der Waals surface area contributed by atoms with Gasteiger partial charge < -0.3 is 10.4 Å². The van der Waals surface area contributed by atoms with Gasteiger partial charge in [0, 0.05) is 46.4 Å². The Morgan fingerprint density at radius 3 is 2.78 bits per heavy atom. The third-order valence-corrected chi connectivity index (χ3v) is 4.87. The quantitative estimate of drug-likeness (QED) is 0.517. The number of aromatic amines is 1. The second kappa shape index (κ2) is 5.82. The summed E-state index contributed by atoms with van der Waals surface area (Å²) in [6.45, 7) is 0. The summed E-state index contributed by atoms with van der Waals surface area (Å²) in [5, 5.41) is 11.5. The van der Waals surface area contributed by atoms with E-state index < -0.39 is 0 Å². The monoisotopic (exact) mass is 317 g/mol. The Kier molecular flexibility index (Phi) is 3.52. The van der Waals surface area contributed by atoms with Crippen LogP contribution in [0.5, 0.6) is 0 Å². The Balaban J connectivity index is 1.71. The molecule has 0 atom stereocenters. The number of nitrogens with zero attached hydrogens (tertiary/aromatic N) is 1. The summed E-state index contributed by atoms with van der Waals surface area (Å²) in [5.74, 6) is 0. The maximum Gasteiger partial charge on any atom is 0.0529 e.